The van der Waals surface area contributed by atoms with Crippen LogP contribution in [0, 0.1) is 11.8 Å². The molecule has 0 bridgehead atoms. The van der Waals surface area contributed by atoms with Gasteiger partial charge in [0.2, 0.25) is 0 Å². The number of ether oxygens (including phenoxy) is 1. The molecule has 2 rings (SSSR count). The van der Waals surface area contributed by atoms with Gasteiger partial charge in [-0.3, -0.25) is 0 Å². The van der Waals surface area contributed by atoms with Crippen LogP contribution in [0.25, 0.3) is 0 Å². The van der Waals surface area contributed by atoms with Crippen LogP contribution < -0.4 is 5.73 Å². The second-order valence-corrected chi connectivity index (χ2v) is 6.33. The molecule has 5 heteroatoms. The average Bonchev–Trinajstić information content (AvgIpc) is 2.91. The fourth-order valence-corrected chi connectivity index (χ4v) is 3.75. The highest BCUT2D eigenvalue weighted by Crippen LogP contribution is 2.43. The number of hydrogen-bond donors (Lipinski definition) is 1. The van der Waals surface area contributed by atoms with Crippen molar-refractivity contribution in [1.82, 2.24) is 0 Å². The first-order valence-corrected chi connectivity index (χ1v) is 7.92. The quantitative estimate of drug-likeness (QED) is 0.830. The SMILES string of the molecule is NC(CCCC1CCCO1)C1CCCCC1C(F)(F)F. The fourth-order valence-electron chi connectivity index (χ4n) is 3.75. The Kier molecular flexibility index (Phi) is 5.73. The van der Waals surface area contributed by atoms with Crippen LogP contribution in [0.2, 0.25) is 0 Å². The normalized spacial score (nSPS) is 33.3. The second kappa shape index (κ2) is 7.12. The van der Waals surface area contributed by atoms with E-state index in [2.05, 4.69) is 0 Å². The summed E-state index contributed by atoms with van der Waals surface area (Å²) >= 11 is 0. The van der Waals surface area contributed by atoms with Crippen molar-refractivity contribution in [3.63, 3.8) is 0 Å². The number of halogens is 3. The van der Waals surface area contributed by atoms with E-state index in [9.17, 15) is 13.2 Å². The Bertz CT molecular complexity index is 289. The van der Waals surface area contributed by atoms with Crippen molar-refractivity contribution in [1.29, 1.82) is 0 Å². The summed E-state index contributed by atoms with van der Waals surface area (Å²) in [5.41, 5.74) is 6.08. The number of nitrogens with two attached hydrogens (primary N) is 1. The summed E-state index contributed by atoms with van der Waals surface area (Å²) in [5, 5.41) is 0. The summed E-state index contributed by atoms with van der Waals surface area (Å²) in [6.07, 6.45) is 3.39. The molecule has 118 valence electrons. The molecule has 0 aromatic carbocycles. The lowest BCUT2D eigenvalue weighted by Crippen LogP contribution is -2.43. The van der Waals surface area contributed by atoms with Crippen LogP contribution in [-0.4, -0.2) is 24.9 Å². The molecule has 1 aliphatic heterocycles. The van der Waals surface area contributed by atoms with Gasteiger partial charge < -0.3 is 10.5 Å². The van der Waals surface area contributed by atoms with Gasteiger partial charge in [0.05, 0.1) is 12.0 Å². The summed E-state index contributed by atoms with van der Waals surface area (Å²) in [4.78, 5) is 0. The van der Waals surface area contributed by atoms with E-state index in [-0.39, 0.29) is 18.4 Å². The summed E-state index contributed by atoms with van der Waals surface area (Å²) in [7, 11) is 0. The smallest absolute Gasteiger partial charge is 0.378 e. The van der Waals surface area contributed by atoms with E-state index >= 15 is 0 Å². The van der Waals surface area contributed by atoms with Gasteiger partial charge in [-0.1, -0.05) is 12.8 Å². The highest BCUT2D eigenvalue weighted by atomic mass is 19.4. The van der Waals surface area contributed by atoms with Crippen molar-refractivity contribution < 1.29 is 17.9 Å². The van der Waals surface area contributed by atoms with Gasteiger partial charge in [0.1, 0.15) is 0 Å². The highest BCUT2D eigenvalue weighted by Gasteiger charge is 2.46. The largest absolute Gasteiger partial charge is 0.392 e. The molecule has 2 nitrogen and oxygen atoms in total. The van der Waals surface area contributed by atoms with Gasteiger partial charge in [0.25, 0.3) is 0 Å². The van der Waals surface area contributed by atoms with Crippen molar-refractivity contribution in [2.24, 2.45) is 17.6 Å². The zero-order chi connectivity index (χ0) is 14.6. The average molecular weight is 293 g/mol. The molecule has 0 radical (unpaired) electrons. The van der Waals surface area contributed by atoms with Crippen molar-refractivity contribution in [2.75, 3.05) is 6.61 Å². The Labute approximate surface area is 119 Å². The fraction of sp³-hybridized carbons (Fsp3) is 1.00. The molecule has 1 heterocycles. The molecule has 1 aliphatic carbocycles. The molecule has 4 atom stereocenters. The maximum Gasteiger partial charge on any atom is 0.392 e. The molecule has 0 aromatic rings. The topological polar surface area (TPSA) is 35.2 Å². The minimum atomic E-state index is -4.09. The van der Waals surface area contributed by atoms with Crippen LogP contribution in [0.1, 0.15) is 57.8 Å². The van der Waals surface area contributed by atoms with E-state index in [0.717, 1.165) is 38.7 Å². The monoisotopic (exact) mass is 293 g/mol. The van der Waals surface area contributed by atoms with Gasteiger partial charge in [0.15, 0.2) is 0 Å². The van der Waals surface area contributed by atoms with E-state index in [1.54, 1.807) is 0 Å². The third-order valence-corrected chi connectivity index (χ3v) is 4.88. The van der Waals surface area contributed by atoms with Crippen molar-refractivity contribution >= 4 is 0 Å². The highest BCUT2D eigenvalue weighted by molar-refractivity contribution is 4.87. The summed E-state index contributed by atoms with van der Waals surface area (Å²) in [6.45, 7) is 0.829. The van der Waals surface area contributed by atoms with Crippen LogP contribution in [-0.2, 0) is 4.74 Å². The predicted molar refractivity (Wildman–Crippen MR) is 72.3 cm³/mol. The Morgan fingerprint density at radius 2 is 1.85 bits per heavy atom. The van der Waals surface area contributed by atoms with Crippen molar-refractivity contribution in [3.05, 3.63) is 0 Å². The summed E-state index contributed by atoms with van der Waals surface area (Å²) in [6, 6.07) is -0.316. The van der Waals surface area contributed by atoms with E-state index < -0.39 is 12.1 Å². The van der Waals surface area contributed by atoms with Crippen LogP contribution >= 0.6 is 0 Å². The molecule has 4 unspecified atom stereocenters. The molecule has 0 amide bonds. The van der Waals surface area contributed by atoms with Gasteiger partial charge >= 0.3 is 6.18 Å². The molecule has 2 fully saturated rings. The first kappa shape index (κ1) is 16.1. The van der Waals surface area contributed by atoms with E-state index in [1.807, 2.05) is 0 Å². The minimum Gasteiger partial charge on any atom is -0.378 e. The molecule has 0 aromatic heterocycles. The van der Waals surface area contributed by atoms with Gasteiger partial charge in [-0.15, -0.1) is 0 Å². The Morgan fingerprint density at radius 3 is 2.50 bits per heavy atom. The third kappa shape index (κ3) is 4.35. The summed E-state index contributed by atoms with van der Waals surface area (Å²) < 4.78 is 44.7. The van der Waals surface area contributed by atoms with Crippen LogP contribution in [0.4, 0.5) is 13.2 Å². The lowest BCUT2D eigenvalue weighted by molar-refractivity contribution is -0.198. The third-order valence-electron chi connectivity index (χ3n) is 4.88. The molecule has 2 N–H and O–H groups in total. The maximum absolute atomic E-state index is 13.0. The molecule has 2 aliphatic rings. The molecule has 1 saturated carbocycles. The first-order chi connectivity index (χ1) is 9.48. The van der Waals surface area contributed by atoms with Crippen molar-refractivity contribution in [3.8, 4) is 0 Å². The Morgan fingerprint density at radius 1 is 1.10 bits per heavy atom. The van der Waals surface area contributed by atoms with E-state index in [1.165, 1.54) is 0 Å². The Balaban J connectivity index is 1.78. The summed E-state index contributed by atoms with van der Waals surface area (Å²) in [5.74, 6) is -1.57. The van der Waals surface area contributed by atoms with Crippen LogP contribution in [0.5, 0.6) is 0 Å². The van der Waals surface area contributed by atoms with Gasteiger partial charge in [-0.2, -0.15) is 13.2 Å². The molecular formula is C15H26F3NO. The van der Waals surface area contributed by atoms with E-state index in [4.69, 9.17) is 10.5 Å². The van der Waals surface area contributed by atoms with Crippen LogP contribution in [0.15, 0.2) is 0 Å². The first-order valence-electron chi connectivity index (χ1n) is 7.92. The maximum atomic E-state index is 13.0. The molecular weight excluding hydrogens is 267 g/mol. The number of alkyl halides is 3. The number of rotatable bonds is 5. The van der Waals surface area contributed by atoms with Gasteiger partial charge in [-0.25, -0.2) is 0 Å². The van der Waals surface area contributed by atoms with E-state index in [0.29, 0.717) is 25.4 Å². The second-order valence-electron chi connectivity index (χ2n) is 6.33. The predicted octanol–water partition coefficient (Wildman–Crippen LogP) is 4.03. The lowest BCUT2D eigenvalue weighted by Gasteiger charge is -2.36. The van der Waals surface area contributed by atoms with Gasteiger partial charge in [-0.05, 0) is 50.9 Å². The van der Waals surface area contributed by atoms with Crippen molar-refractivity contribution in [2.45, 2.75) is 76.1 Å². The zero-order valence-corrected chi connectivity index (χ0v) is 12.0. The zero-order valence-electron chi connectivity index (χ0n) is 12.0. The molecule has 20 heavy (non-hydrogen) atoms. The van der Waals surface area contributed by atoms with Gasteiger partial charge in [0, 0.05) is 12.6 Å². The lowest BCUT2D eigenvalue weighted by atomic mass is 9.74. The van der Waals surface area contributed by atoms with Crippen LogP contribution in [0.3, 0.4) is 0 Å². The standard InChI is InChI=1S/C15H26F3NO/c16-15(17,18)13-8-2-1-7-12(13)14(19)9-3-5-11-6-4-10-20-11/h11-14H,1-10,19H2. The molecule has 0 spiro atoms. The Hall–Kier alpha value is -0.290. The number of hydrogen-bond acceptors (Lipinski definition) is 2. The minimum absolute atomic E-state index is 0.258. The molecule has 1 saturated heterocycles.